The maximum atomic E-state index is 12.0. The Balaban J connectivity index is 2.63. The quantitative estimate of drug-likeness (QED) is 0.719. The molecule has 0 radical (unpaired) electrons. The van der Waals surface area contributed by atoms with Gasteiger partial charge in [-0.05, 0) is 43.5 Å². The summed E-state index contributed by atoms with van der Waals surface area (Å²) >= 11 is 0. The number of nitrogens with one attached hydrogen (secondary N) is 2. The van der Waals surface area contributed by atoms with E-state index in [0.717, 1.165) is 0 Å². The molecule has 0 unspecified atom stereocenters. The van der Waals surface area contributed by atoms with Gasteiger partial charge in [-0.1, -0.05) is 13.8 Å². The molecule has 0 aliphatic heterocycles. The van der Waals surface area contributed by atoms with Gasteiger partial charge in [0.15, 0.2) is 0 Å². The van der Waals surface area contributed by atoms with Gasteiger partial charge in [0.25, 0.3) is 5.91 Å². The van der Waals surface area contributed by atoms with Gasteiger partial charge in [0.1, 0.15) is 0 Å². The van der Waals surface area contributed by atoms with E-state index in [-0.39, 0.29) is 30.7 Å². The molecule has 1 aromatic rings. The highest BCUT2D eigenvalue weighted by Crippen LogP contribution is 2.25. The van der Waals surface area contributed by atoms with Crippen molar-refractivity contribution < 1.29 is 19.5 Å². The lowest BCUT2D eigenvalue weighted by Gasteiger charge is -2.21. The van der Waals surface area contributed by atoms with Crippen LogP contribution in [0.25, 0.3) is 0 Å². The lowest BCUT2D eigenvalue weighted by molar-refractivity contribution is -0.139. The molecule has 6 heteroatoms. The minimum absolute atomic E-state index is 0.0540. The van der Waals surface area contributed by atoms with Crippen LogP contribution in [-0.4, -0.2) is 28.9 Å². The average Bonchev–Trinajstić information content (AvgIpc) is 2.35. The molecule has 3 N–H and O–H groups in total. The smallest absolute Gasteiger partial charge is 0.303 e. The fourth-order valence-electron chi connectivity index (χ4n) is 2.16. The maximum Gasteiger partial charge on any atom is 0.303 e. The van der Waals surface area contributed by atoms with Gasteiger partial charge in [0, 0.05) is 23.7 Å². The topological polar surface area (TPSA) is 95.5 Å². The molecule has 0 heterocycles. The second-order valence-electron chi connectivity index (χ2n) is 6.67. The SMILES string of the molecule is CC(C)NC(=O)c1ccc(NC(=O)CC(C)(C)CC(=O)O)cc1. The van der Waals surface area contributed by atoms with Crippen molar-refractivity contribution in [1.29, 1.82) is 0 Å². The fraction of sp³-hybridized carbons (Fsp3) is 0.471. The summed E-state index contributed by atoms with van der Waals surface area (Å²) in [5.41, 5.74) is 0.470. The molecule has 1 aromatic carbocycles. The number of amides is 2. The van der Waals surface area contributed by atoms with E-state index in [2.05, 4.69) is 10.6 Å². The van der Waals surface area contributed by atoms with Crippen LogP contribution in [0.4, 0.5) is 5.69 Å². The Morgan fingerprint density at radius 3 is 2.13 bits per heavy atom. The van der Waals surface area contributed by atoms with Crippen molar-refractivity contribution in [3.8, 4) is 0 Å². The van der Waals surface area contributed by atoms with Gasteiger partial charge in [0.05, 0.1) is 6.42 Å². The van der Waals surface area contributed by atoms with E-state index >= 15 is 0 Å². The molecular weight excluding hydrogens is 296 g/mol. The van der Waals surface area contributed by atoms with Crippen LogP contribution < -0.4 is 10.6 Å². The van der Waals surface area contributed by atoms with Crippen molar-refractivity contribution in [3.05, 3.63) is 29.8 Å². The lowest BCUT2D eigenvalue weighted by Crippen LogP contribution is -2.30. The van der Waals surface area contributed by atoms with E-state index in [0.29, 0.717) is 11.3 Å². The van der Waals surface area contributed by atoms with E-state index in [1.165, 1.54) is 0 Å². The van der Waals surface area contributed by atoms with Crippen LogP contribution in [0.5, 0.6) is 0 Å². The summed E-state index contributed by atoms with van der Waals surface area (Å²) in [6, 6.07) is 6.62. The monoisotopic (exact) mass is 320 g/mol. The number of hydrogen-bond donors (Lipinski definition) is 3. The molecule has 1 rings (SSSR count). The van der Waals surface area contributed by atoms with Gasteiger partial charge in [-0.15, -0.1) is 0 Å². The molecule has 0 fully saturated rings. The number of carbonyl (C=O) groups excluding carboxylic acids is 2. The van der Waals surface area contributed by atoms with Gasteiger partial charge in [0.2, 0.25) is 5.91 Å². The number of carboxylic acids is 1. The van der Waals surface area contributed by atoms with Gasteiger partial charge in [-0.25, -0.2) is 0 Å². The highest BCUT2D eigenvalue weighted by atomic mass is 16.4. The van der Waals surface area contributed by atoms with E-state index in [4.69, 9.17) is 5.11 Å². The first-order valence-corrected chi connectivity index (χ1v) is 7.51. The first kappa shape index (κ1) is 18.7. The Morgan fingerprint density at radius 2 is 1.65 bits per heavy atom. The van der Waals surface area contributed by atoms with E-state index in [1.807, 2.05) is 13.8 Å². The Labute approximate surface area is 136 Å². The van der Waals surface area contributed by atoms with Crippen LogP contribution in [0, 0.1) is 5.41 Å². The Morgan fingerprint density at radius 1 is 1.09 bits per heavy atom. The normalized spacial score (nSPS) is 11.2. The minimum Gasteiger partial charge on any atom is -0.481 e. The van der Waals surface area contributed by atoms with Crippen molar-refractivity contribution in [3.63, 3.8) is 0 Å². The van der Waals surface area contributed by atoms with Crippen molar-refractivity contribution in [2.24, 2.45) is 5.41 Å². The Kier molecular flexibility index (Phi) is 6.30. The summed E-state index contributed by atoms with van der Waals surface area (Å²) in [6.07, 6.45) is 0.0314. The van der Waals surface area contributed by atoms with Gasteiger partial charge < -0.3 is 15.7 Å². The van der Waals surface area contributed by atoms with Crippen LogP contribution in [0.3, 0.4) is 0 Å². The van der Waals surface area contributed by atoms with Crippen LogP contribution in [0.2, 0.25) is 0 Å². The molecule has 2 amide bonds. The molecule has 0 aliphatic rings. The molecule has 126 valence electrons. The van der Waals surface area contributed by atoms with Crippen LogP contribution >= 0.6 is 0 Å². The van der Waals surface area contributed by atoms with E-state index in [1.54, 1.807) is 38.1 Å². The number of anilines is 1. The predicted octanol–water partition coefficient (Wildman–Crippen LogP) is 2.65. The standard InChI is InChI=1S/C17H24N2O4/c1-11(2)18-16(23)12-5-7-13(8-6-12)19-14(20)9-17(3,4)10-15(21)22/h5-8,11H,9-10H2,1-4H3,(H,18,23)(H,19,20)(H,21,22). The number of benzene rings is 1. The third-order valence-electron chi connectivity index (χ3n) is 3.12. The zero-order chi connectivity index (χ0) is 17.6. The van der Waals surface area contributed by atoms with Crippen molar-refractivity contribution in [2.75, 3.05) is 5.32 Å². The summed E-state index contributed by atoms with van der Waals surface area (Å²) in [4.78, 5) is 34.6. The zero-order valence-electron chi connectivity index (χ0n) is 14.0. The molecule has 0 spiro atoms. The second kappa shape index (κ2) is 7.76. The number of carbonyl (C=O) groups is 3. The Hall–Kier alpha value is -2.37. The van der Waals surface area contributed by atoms with E-state index < -0.39 is 11.4 Å². The van der Waals surface area contributed by atoms with Gasteiger partial charge in [-0.3, -0.25) is 14.4 Å². The lowest BCUT2D eigenvalue weighted by atomic mass is 9.85. The fourth-order valence-corrected chi connectivity index (χ4v) is 2.16. The largest absolute Gasteiger partial charge is 0.481 e. The van der Waals surface area contributed by atoms with Crippen molar-refractivity contribution in [1.82, 2.24) is 5.32 Å². The number of aliphatic carboxylic acids is 1. The van der Waals surface area contributed by atoms with Crippen LogP contribution in [-0.2, 0) is 9.59 Å². The molecule has 0 saturated carbocycles. The predicted molar refractivity (Wildman–Crippen MR) is 88.3 cm³/mol. The summed E-state index contributed by atoms with van der Waals surface area (Å²) in [7, 11) is 0. The molecule has 0 aromatic heterocycles. The molecular formula is C17H24N2O4. The Bertz CT molecular complexity index is 577. The van der Waals surface area contributed by atoms with Gasteiger partial charge in [-0.2, -0.15) is 0 Å². The summed E-state index contributed by atoms with van der Waals surface area (Å²) in [6.45, 7) is 7.23. The second-order valence-corrected chi connectivity index (χ2v) is 6.67. The highest BCUT2D eigenvalue weighted by molar-refractivity contribution is 5.96. The van der Waals surface area contributed by atoms with Crippen LogP contribution in [0.15, 0.2) is 24.3 Å². The number of hydrogen-bond acceptors (Lipinski definition) is 3. The van der Waals surface area contributed by atoms with Crippen molar-refractivity contribution in [2.45, 2.75) is 46.6 Å². The average molecular weight is 320 g/mol. The first-order chi connectivity index (χ1) is 10.6. The first-order valence-electron chi connectivity index (χ1n) is 7.51. The highest BCUT2D eigenvalue weighted by Gasteiger charge is 2.25. The van der Waals surface area contributed by atoms with Crippen LogP contribution in [0.1, 0.15) is 50.9 Å². The third kappa shape index (κ3) is 6.95. The molecule has 0 bridgehead atoms. The summed E-state index contributed by atoms with van der Waals surface area (Å²) in [5, 5.41) is 14.3. The molecule has 23 heavy (non-hydrogen) atoms. The molecule has 6 nitrogen and oxygen atoms in total. The van der Waals surface area contributed by atoms with E-state index in [9.17, 15) is 14.4 Å². The molecule has 0 saturated heterocycles. The summed E-state index contributed by atoms with van der Waals surface area (Å²) in [5.74, 6) is -1.35. The third-order valence-corrected chi connectivity index (χ3v) is 3.12. The minimum atomic E-state index is -0.927. The number of rotatable bonds is 7. The summed E-state index contributed by atoms with van der Waals surface area (Å²) < 4.78 is 0. The number of carboxylic acid groups (broad SMARTS) is 1. The zero-order valence-corrected chi connectivity index (χ0v) is 14.0. The molecule has 0 atom stereocenters. The molecule has 0 aliphatic carbocycles. The maximum absolute atomic E-state index is 12.0. The van der Waals surface area contributed by atoms with Gasteiger partial charge >= 0.3 is 5.97 Å². The van der Waals surface area contributed by atoms with Crippen molar-refractivity contribution >= 4 is 23.5 Å².